The van der Waals surface area contributed by atoms with Crippen molar-refractivity contribution < 1.29 is 34.5 Å². The van der Waals surface area contributed by atoms with E-state index in [0.717, 1.165) is 5.92 Å². The highest BCUT2D eigenvalue weighted by molar-refractivity contribution is 8.04. The molecule has 1 fully saturated rings. The zero-order valence-electron chi connectivity index (χ0n) is 13.9. The standard InChI is InChI=1S/C10H22N.C2H4F3NO4S2/c1-4-7-11(3)8-5-6-10(2)9-11;1-11(7,8)6-12(9,10)2(3,4)5/h10H,4-9H2,1-3H3;6H,1H3/q+1;. The van der Waals surface area contributed by atoms with Crippen LogP contribution >= 0.6 is 0 Å². The molecule has 1 aliphatic heterocycles. The Bertz CT molecular complexity index is 572. The minimum absolute atomic E-state index is 0.302. The van der Waals surface area contributed by atoms with E-state index in [4.69, 9.17) is 0 Å². The van der Waals surface area contributed by atoms with Crippen LogP contribution in [0.1, 0.15) is 33.1 Å². The number of rotatable bonds is 4. The minimum Gasteiger partial charge on any atom is -0.326 e. The Hall–Kier alpha value is -0.390. The summed E-state index contributed by atoms with van der Waals surface area (Å²) >= 11 is 0. The van der Waals surface area contributed by atoms with Gasteiger partial charge in [-0.2, -0.15) is 13.2 Å². The predicted molar refractivity (Wildman–Crippen MR) is 82.4 cm³/mol. The lowest BCUT2D eigenvalue weighted by Gasteiger charge is -2.40. The molecule has 0 aliphatic carbocycles. The van der Waals surface area contributed by atoms with Crippen molar-refractivity contribution in [1.29, 1.82) is 0 Å². The van der Waals surface area contributed by atoms with Crippen molar-refractivity contribution in [3.05, 3.63) is 0 Å². The van der Waals surface area contributed by atoms with Gasteiger partial charge in [0.2, 0.25) is 10.0 Å². The third kappa shape index (κ3) is 8.87. The Balaban J connectivity index is 0.000000422. The van der Waals surface area contributed by atoms with Crippen molar-refractivity contribution in [2.75, 3.05) is 32.9 Å². The van der Waals surface area contributed by atoms with E-state index in [9.17, 15) is 30.0 Å². The molecule has 1 saturated heterocycles. The summed E-state index contributed by atoms with van der Waals surface area (Å²) in [5.41, 5.74) is -5.62. The molecule has 0 radical (unpaired) electrons. The van der Waals surface area contributed by atoms with Crippen molar-refractivity contribution in [2.24, 2.45) is 5.92 Å². The Morgan fingerprint density at radius 1 is 1.22 bits per heavy atom. The number of likely N-dealkylation sites (tertiary alicyclic amines) is 1. The molecule has 140 valence electrons. The van der Waals surface area contributed by atoms with Crippen LogP contribution in [0, 0.1) is 5.92 Å². The van der Waals surface area contributed by atoms with Crippen LogP contribution in [0.4, 0.5) is 13.2 Å². The molecule has 0 aromatic rings. The fourth-order valence-electron chi connectivity index (χ4n) is 2.75. The number of alkyl halides is 3. The minimum atomic E-state index is -5.79. The maximum atomic E-state index is 11.4. The van der Waals surface area contributed by atoms with Gasteiger partial charge in [0.1, 0.15) is 0 Å². The summed E-state index contributed by atoms with van der Waals surface area (Å²) in [7, 11) is -7.80. The summed E-state index contributed by atoms with van der Waals surface area (Å²) in [4.78, 5) is 0. The SMILES string of the molecule is CCC[N+]1(C)CCCC(C)C1.CS(=O)(=O)NS(=O)(=O)C(F)(F)F. The number of hydrogen-bond donors (Lipinski definition) is 1. The third-order valence-corrected chi connectivity index (χ3v) is 6.17. The highest BCUT2D eigenvalue weighted by Gasteiger charge is 2.47. The summed E-state index contributed by atoms with van der Waals surface area (Å²) < 4.78 is 76.4. The van der Waals surface area contributed by atoms with Crippen LogP contribution in [0.25, 0.3) is 0 Å². The lowest BCUT2D eigenvalue weighted by Crippen LogP contribution is -2.50. The second kappa shape index (κ2) is 8.13. The first-order valence-corrected chi connectivity index (χ1v) is 10.6. The highest BCUT2D eigenvalue weighted by Crippen LogP contribution is 2.22. The first-order chi connectivity index (χ1) is 10.1. The molecule has 1 N–H and O–H groups in total. The maximum Gasteiger partial charge on any atom is 0.512 e. The van der Waals surface area contributed by atoms with E-state index in [1.54, 1.807) is 0 Å². The molecular weight excluding hydrogens is 357 g/mol. The van der Waals surface area contributed by atoms with Gasteiger partial charge in [0.15, 0.2) is 0 Å². The number of nitrogens with zero attached hydrogens (tertiary/aromatic N) is 1. The lowest BCUT2D eigenvalue weighted by molar-refractivity contribution is -0.917. The van der Waals surface area contributed by atoms with Gasteiger partial charge in [-0.05, 0) is 19.3 Å². The molecule has 1 aliphatic rings. The summed E-state index contributed by atoms with van der Waals surface area (Å²) in [5.74, 6) is 0.959. The average Bonchev–Trinajstić information content (AvgIpc) is 2.23. The molecule has 11 heteroatoms. The molecule has 0 amide bonds. The van der Waals surface area contributed by atoms with Crippen LogP contribution in [0.5, 0.6) is 0 Å². The molecule has 0 aromatic heterocycles. The summed E-state index contributed by atoms with van der Waals surface area (Å²) in [6.45, 7) is 8.89. The van der Waals surface area contributed by atoms with E-state index in [1.165, 1.54) is 43.4 Å². The monoisotopic (exact) mass is 383 g/mol. The second-order valence-corrected chi connectivity index (χ2v) is 9.98. The van der Waals surface area contributed by atoms with Gasteiger partial charge in [0.25, 0.3) is 0 Å². The fraction of sp³-hybridized carbons (Fsp3) is 1.00. The molecule has 0 aromatic carbocycles. The van der Waals surface area contributed by atoms with Crippen molar-refractivity contribution in [3.8, 4) is 0 Å². The largest absolute Gasteiger partial charge is 0.512 e. The summed E-state index contributed by atoms with van der Waals surface area (Å²) in [6.07, 6.45) is 4.54. The van der Waals surface area contributed by atoms with Crippen LogP contribution < -0.4 is 4.13 Å². The molecule has 23 heavy (non-hydrogen) atoms. The predicted octanol–water partition coefficient (Wildman–Crippen LogP) is 1.66. The lowest BCUT2D eigenvalue weighted by atomic mass is 9.98. The molecule has 0 saturated carbocycles. The Kier molecular flexibility index (Phi) is 7.99. The normalized spacial score (nSPS) is 26.3. The van der Waals surface area contributed by atoms with Crippen LogP contribution in [0.2, 0.25) is 0 Å². The highest BCUT2D eigenvalue weighted by atomic mass is 32.3. The van der Waals surface area contributed by atoms with E-state index in [0.29, 0.717) is 10.4 Å². The van der Waals surface area contributed by atoms with E-state index in [-0.39, 0.29) is 0 Å². The van der Waals surface area contributed by atoms with Gasteiger partial charge < -0.3 is 4.48 Å². The smallest absolute Gasteiger partial charge is 0.326 e. The molecule has 6 nitrogen and oxygen atoms in total. The van der Waals surface area contributed by atoms with Gasteiger partial charge in [0, 0.05) is 5.92 Å². The number of halogens is 3. The van der Waals surface area contributed by atoms with Gasteiger partial charge in [0.05, 0.1) is 32.9 Å². The topological polar surface area (TPSA) is 80.3 Å². The van der Waals surface area contributed by atoms with E-state index in [2.05, 4.69) is 20.9 Å². The summed E-state index contributed by atoms with van der Waals surface area (Å²) in [6, 6.07) is 0. The molecular formula is C12H26F3N2O4S2+. The van der Waals surface area contributed by atoms with Crippen LogP contribution in [-0.2, 0) is 20.0 Å². The zero-order valence-corrected chi connectivity index (χ0v) is 15.5. The van der Waals surface area contributed by atoms with Crippen LogP contribution in [-0.4, -0.2) is 59.8 Å². The van der Waals surface area contributed by atoms with Crippen molar-refractivity contribution in [2.45, 2.75) is 38.6 Å². The van der Waals surface area contributed by atoms with Gasteiger partial charge in [-0.25, -0.2) is 16.8 Å². The van der Waals surface area contributed by atoms with E-state index in [1.807, 2.05) is 0 Å². The van der Waals surface area contributed by atoms with Gasteiger partial charge in [-0.1, -0.05) is 13.8 Å². The average molecular weight is 383 g/mol. The zero-order chi connectivity index (χ0) is 18.5. The van der Waals surface area contributed by atoms with Gasteiger partial charge in [-0.15, -0.1) is 4.13 Å². The Labute approximate surface area is 136 Å². The first kappa shape index (κ1) is 22.6. The maximum absolute atomic E-state index is 11.4. The number of hydrogen-bond acceptors (Lipinski definition) is 4. The number of nitrogens with one attached hydrogen (secondary N) is 1. The molecule has 2 atom stereocenters. The van der Waals surface area contributed by atoms with Crippen molar-refractivity contribution >= 4 is 20.0 Å². The van der Waals surface area contributed by atoms with E-state index < -0.39 is 25.6 Å². The molecule has 1 rings (SSSR count). The van der Waals surface area contributed by atoms with Crippen molar-refractivity contribution in [3.63, 3.8) is 0 Å². The number of quaternary nitrogens is 1. The molecule has 2 unspecified atom stereocenters. The Morgan fingerprint density at radius 2 is 1.74 bits per heavy atom. The molecule has 0 bridgehead atoms. The first-order valence-electron chi connectivity index (χ1n) is 7.25. The van der Waals surface area contributed by atoms with Gasteiger partial charge in [-0.3, -0.25) is 0 Å². The fourth-order valence-corrected chi connectivity index (χ4v) is 4.72. The molecule has 0 spiro atoms. The van der Waals surface area contributed by atoms with Gasteiger partial charge >= 0.3 is 15.5 Å². The molecule has 1 heterocycles. The number of piperidine rings is 1. The third-order valence-electron chi connectivity index (χ3n) is 3.48. The number of sulfonamides is 2. The Morgan fingerprint density at radius 3 is 2.04 bits per heavy atom. The quantitative estimate of drug-likeness (QED) is 0.749. The summed E-state index contributed by atoms with van der Waals surface area (Å²) in [5, 5.41) is 0. The van der Waals surface area contributed by atoms with Crippen LogP contribution in [0.3, 0.4) is 0 Å². The van der Waals surface area contributed by atoms with Crippen LogP contribution in [0.15, 0.2) is 0 Å². The van der Waals surface area contributed by atoms with E-state index >= 15 is 0 Å². The van der Waals surface area contributed by atoms with Crippen molar-refractivity contribution in [1.82, 2.24) is 4.13 Å². The second-order valence-electron chi connectivity index (χ2n) is 6.30.